The number of rotatable bonds is 6. The maximum Gasteiger partial charge on any atom is 0.313 e. The molecule has 7 nitrogen and oxygen atoms in total. The van der Waals surface area contributed by atoms with Crippen molar-refractivity contribution in [1.29, 1.82) is 0 Å². The molecule has 0 saturated carbocycles. The van der Waals surface area contributed by atoms with E-state index in [4.69, 9.17) is 14.9 Å². The van der Waals surface area contributed by atoms with Gasteiger partial charge >= 0.3 is 23.9 Å². The second-order valence-corrected chi connectivity index (χ2v) is 6.51. The fourth-order valence-corrected chi connectivity index (χ4v) is 3.44. The van der Waals surface area contributed by atoms with Gasteiger partial charge in [0.1, 0.15) is 0 Å². The van der Waals surface area contributed by atoms with E-state index in [2.05, 4.69) is 0 Å². The van der Waals surface area contributed by atoms with Gasteiger partial charge in [-0.2, -0.15) is 0 Å². The monoisotopic (exact) mass is 350 g/mol. The highest BCUT2D eigenvalue weighted by Gasteiger charge is 2.33. The number of carbonyl (C=O) groups excluding carboxylic acids is 2. The third kappa shape index (κ3) is 5.27. The Morgan fingerprint density at radius 2 is 1.20 bits per heavy atom. The minimum absolute atomic E-state index is 0.139. The number of aliphatic carboxylic acids is 2. The summed E-state index contributed by atoms with van der Waals surface area (Å²) >= 11 is 0. The van der Waals surface area contributed by atoms with E-state index in [1.165, 1.54) is 0 Å². The molecule has 136 valence electrons. The van der Waals surface area contributed by atoms with Crippen molar-refractivity contribution in [2.75, 3.05) is 0 Å². The van der Waals surface area contributed by atoms with Gasteiger partial charge in [0.05, 0.1) is 11.8 Å². The summed E-state index contributed by atoms with van der Waals surface area (Å²) in [6.45, 7) is 0. The predicted octanol–water partition coefficient (Wildman–Crippen LogP) is 2.17. The molecule has 0 saturated heterocycles. The highest BCUT2D eigenvalue weighted by atomic mass is 16.6. The topological polar surface area (TPSA) is 118 Å². The molecule has 0 aromatic rings. The van der Waals surface area contributed by atoms with Gasteiger partial charge in [-0.05, 0) is 37.5 Å². The van der Waals surface area contributed by atoms with Crippen molar-refractivity contribution in [3.63, 3.8) is 0 Å². The predicted molar refractivity (Wildman–Crippen MR) is 86.3 cm³/mol. The maximum absolute atomic E-state index is 12.0. The number of carboxylic acids is 2. The molecule has 7 heteroatoms. The Morgan fingerprint density at radius 3 is 1.56 bits per heavy atom. The normalized spacial score (nSPS) is 28.3. The number of ether oxygens (including phenoxy) is 1. The summed E-state index contributed by atoms with van der Waals surface area (Å²) in [4.78, 5) is 46.3. The molecule has 0 heterocycles. The first-order valence-electron chi connectivity index (χ1n) is 8.41. The van der Waals surface area contributed by atoms with Crippen molar-refractivity contribution < 1.29 is 34.1 Å². The zero-order valence-electron chi connectivity index (χ0n) is 13.8. The lowest BCUT2D eigenvalue weighted by Gasteiger charge is -2.24. The summed E-state index contributed by atoms with van der Waals surface area (Å²) in [5.41, 5.74) is 0. The number of esters is 2. The molecule has 2 rings (SSSR count). The van der Waals surface area contributed by atoms with E-state index in [1.54, 1.807) is 24.3 Å². The van der Waals surface area contributed by atoms with E-state index < -0.39 is 47.5 Å². The highest BCUT2D eigenvalue weighted by molar-refractivity contribution is 5.86. The molecule has 0 bridgehead atoms. The summed E-state index contributed by atoms with van der Waals surface area (Å²) in [5.74, 6) is -5.81. The minimum atomic E-state index is -1.00. The number of carboxylic acid groups (broad SMARTS) is 2. The van der Waals surface area contributed by atoms with Gasteiger partial charge in [-0.25, -0.2) is 0 Å². The average Bonchev–Trinajstić information content (AvgIpc) is 2.55. The van der Waals surface area contributed by atoms with Crippen molar-refractivity contribution in [2.24, 2.45) is 23.7 Å². The average molecular weight is 350 g/mol. The van der Waals surface area contributed by atoms with E-state index in [0.29, 0.717) is 25.7 Å². The van der Waals surface area contributed by atoms with Gasteiger partial charge in [0.15, 0.2) is 0 Å². The van der Waals surface area contributed by atoms with Crippen LogP contribution >= 0.6 is 0 Å². The van der Waals surface area contributed by atoms with Crippen molar-refractivity contribution in [3.05, 3.63) is 24.3 Å². The molecule has 4 atom stereocenters. The molecule has 2 aliphatic rings. The van der Waals surface area contributed by atoms with Gasteiger partial charge in [0, 0.05) is 12.8 Å². The SMILES string of the molecule is O=C(CC1CCC=CC1C(=O)O)OC(=O)CC1CCC=CC1C(=O)O. The first kappa shape index (κ1) is 18.9. The Morgan fingerprint density at radius 1 is 0.800 bits per heavy atom. The van der Waals surface area contributed by atoms with Crippen LogP contribution in [-0.2, 0) is 23.9 Å². The number of carbonyl (C=O) groups is 4. The summed E-state index contributed by atoms with van der Waals surface area (Å²) in [7, 11) is 0. The molecule has 0 fully saturated rings. The Bertz CT molecular complexity index is 553. The lowest BCUT2D eigenvalue weighted by atomic mass is 9.81. The third-order valence-corrected chi connectivity index (χ3v) is 4.77. The highest BCUT2D eigenvalue weighted by Crippen LogP contribution is 2.30. The molecule has 2 N–H and O–H groups in total. The lowest BCUT2D eigenvalue weighted by Crippen LogP contribution is -2.29. The first-order chi connectivity index (χ1) is 11.9. The van der Waals surface area contributed by atoms with Crippen LogP contribution in [0.15, 0.2) is 24.3 Å². The zero-order valence-corrected chi connectivity index (χ0v) is 13.8. The Labute approximate surface area is 145 Å². The third-order valence-electron chi connectivity index (χ3n) is 4.77. The molecule has 0 aromatic carbocycles. The van der Waals surface area contributed by atoms with Crippen LogP contribution in [0, 0.1) is 23.7 Å². The van der Waals surface area contributed by atoms with Crippen LogP contribution in [0.4, 0.5) is 0 Å². The molecule has 0 aromatic heterocycles. The number of hydrogen-bond donors (Lipinski definition) is 2. The Hall–Kier alpha value is -2.44. The van der Waals surface area contributed by atoms with Gasteiger partial charge in [0.25, 0.3) is 0 Å². The minimum Gasteiger partial charge on any atom is -0.481 e. The van der Waals surface area contributed by atoms with Crippen LogP contribution in [0.2, 0.25) is 0 Å². The number of hydrogen-bond acceptors (Lipinski definition) is 5. The van der Waals surface area contributed by atoms with Gasteiger partial charge < -0.3 is 14.9 Å². The van der Waals surface area contributed by atoms with Crippen molar-refractivity contribution >= 4 is 23.9 Å². The zero-order chi connectivity index (χ0) is 18.4. The van der Waals surface area contributed by atoms with Crippen LogP contribution in [0.25, 0.3) is 0 Å². The van der Waals surface area contributed by atoms with Gasteiger partial charge in [-0.15, -0.1) is 0 Å². The molecule has 0 amide bonds. The molecule has 0 spiro atoms. The van der Waals surface area contributed by atoms with Crippen molar-refractivity contribution in [2.45, 2.75) is 38.5 Å². The van der Waals surface area contributed by atoms with Crippen LogP contribution in [0.5, 0.6) is 0 Å². The van der Waals surface area contributed by atoms with Crippen LogP contribution in [0.3, 0.4) is 0 Å². The van der Waals surface area contributed by atoms with Crippen LogP contribution < -0.4 is 0 Å². The second-order valence-electron chi connectivity index (χ2n) is 6.51. The fourth-order valence-electron chi connectivity index (χ4n) is 3.44. The summed E-state index contributed by atoms with van der Waals surface area (Å²) in [5, 5.41) is 18.3. The van der Waals surface area contributed by atoms with Gasteiger partial charge in [-0.1, -0.05) is 24.3 Å². The van der Waals surface area contributed by atoms with E-state index in [9.17, 15) is 19.2 Å². The van der Waals surface area contributed by atoms with Crippen LogP contribution in [0.1, 0.15) is 38.5 Å². The largest absolute Gasteiger partial charge is 0.481 e. The van der Waals surface area contributed by atoms with Crippen molar-refractivity contribution in [3.8, 4) is 0 Å². The maximum atomic E-state index is 12.0. The van der Waals surface area contributed by atoms with E-state index >= 15 is 0 Å². The molecule has 0 radical (unpaired) electrons. The standard InChI is InChI=1S/C18H22O7/c19-15(9-11-5-1-3-7-13(11)17(21)22)25-16(20)10-12-6-2-4-8-14(12)18(23)24/h3-4,7-8,11-14H,1-2,5-6,9-10H2,(H,21,22)(H,23,24). The molecular formula is C18H22O7. The Kier molecular flexibility index (Phi) is 6.50. The second kappa shape index (κ2) is 8.60. The molecule has 25 heavy (non-hydrogen) atoms. The first-order valence-corrected chi connectivity index (χ1v) is 8.41. The molecule has 0 aliphatic heterocycles. The molecular weight excluding hydrogens is 328 g/mol. The quantitative estimate of drug-likeness (QED) is 0.428. The molecule has 4 unspecified atom stereocenters. The summed E-state index contributed by atoms with van der Waals surface area (Å²) in [6, 6.07) is 0. The molecule has 2 aliphatic carbocycles. The van der Waals surface area contributed by atoms with E-state index in [-0.39, 0.29) is 12.8 Å². The fraction of sp³-hybridized carbons (Fsp3) is 0.556. The smallest absolute Gasteiger partial charge is 0.313 e. The van der Waals surface area contributed by atoms with Crippen LogP contribution in [-0.4, -0.2) is 34.1 Å². The van der Waals surface area contributed by atoms with Crippen molar-refractivity contribution in [1.82, 2.24) is 0 Å². The van der Waals surface area contributed by atoms with E-state index in [0.717, 1.165) is 0 Å². The summed E-state index contributed by atoms with van der Waals surface area (Å²) < 4.78 is 4.80. The lowest BCUT2D eigenvalue weighted by molar-refractivity contribution is -0.161. The van der Waals surface area contributed by atoms with Gasteiger partial charge in [0.2, 0.25) is 0 Å². The Balaban J connectivity index is 1.86. The summed E-state index contributed by atoms with van der Waals surface area (Å²) in [6.07, 6.45) is 8.86. The van der Waals surface area contributed by atoms with Gasteiger partial charge in [-0.3, -0.25) is 19.2 Å². The number of allylic oxidation sites excluding steroid dienone is 2. The van der Waals surface area contributed by atoms with E-state index in [1.807, 2.05) is 0 Å².